The van der Waals surface area contributed by atoms with E-state index in [9.17, 15) is 4.79 Å². The highest BCUT2D eigenvalue weighted by molar-refractivity contribution is 5.80. The molecule has 5 rings (SSSR count). The van der Waals surface area contributed by atoms with Crippen LogP contribution in [-0.2, 0) is 4.79 Å². The van der Waals surface area contributed by atoms with Crippen molar-refractivity contribution in [1.29, 1.82) is 0 Å². The number of H-pyrrole nitrogens is 2. The molecule has 4 aromatic rings. The minimum absolute atomic E-state index is 0.0106. The number of hydrogen-bond donors (Lipinski definition) is 2. The van der Waals surface area contributed by atoms with Crippen LogP contribution in [0.5, 0.6) is 5.75 Å². The molecular weight excluding hydrogens is 392 g/mol. The number of amides is 1. The van der Waals surface area contributed by atoms with Crippen LogP contribution in [0.15, 0.2) is 48.5 Å². The third kappa shape index (κ3) is 4.01. The zero-order valence-corrected chi connectivity index (χ0v) is 17.3. The molecule has 2 N–H and O–H groups in total. The molecule has 31 heavy (non-hydrogen) atoms. The lowest BCUT2D eigenvalue weighted by atomic mass is 10.0. The van der Waals surface area contributed by atoms with E-state index in [1.165, 1.54) is 0 Å². The molecule has 2 aromatic carbocycles. The molecule has 1 fully saturated rings. The van der Waals surface area contributed by atoms with E-state index in [2.05, 4.69) is 20.2 Å². The van der Waals surface area contributed by atoms with Crippen molar-refractivity contribution in [2.75, 3.05) is 13.2 Å². The Labute approximate surface area is 179 Å². The largest absolute Gasteiger partial charge is 0.484 e. The highest BCUT2D eigenvalue weighted by atomic mass is 16.5. The minimum atomic E-state index is -0.127. The van der Waals surface area contributed by atoms with Crippen molar-refractivity contribution in [1.82, 2.24) is 30.0 Å². The molecule has 0 radical (unpaired) electrons. The summed E-state index contributed by atoms with van der Waals surface area (Å²) < 4.78 is 5.68. The molecule has 1 amide bonds. The molecule has 2 aromatic heterocycles. The van der Waals surface area contributed by atoms with Gasteiger partial charge < -0.3 is 14.6 Å². The number of likely N-dealkylation sites (tertiary alicyclic amines) is 1. The molecule has 1 aliphatic rings. The molecule has 0 saturated carbocycles. The van der Waals surface area contributed by atoms with Gasteiger partial charge in [0, 0.05) is 12.1 Å². The zero-order chi connectivity index (χ0) is 21.2. The molecule has 0 aliphatic carbocycles. The van der Waals surface area contributed by atoms with Gasteiger partial charge in [-0.15, -0.1) is 0 Å². The van der Waals surface area contributed by atoms with Gasteiger partial charge in [0.15, 0.2) is 12.4 Å². The molecule has 3 heterocycles. The van der Waals surface area contributed by atoms with Gasteiger partial charge in [-0.05, 0) is 56.5 Å². The number of nitrogens with one attached hydrogen (secondary N) is 2. The summed E-state index contributed by atoms with van der Waals surface area (Å²) >= 11 is 0. The fourth-order valence-corrected chi connectivity index (χ4v) is 4.08. The molecule has 0 bridgehead atoms. The summed E-state index contributed by atoms with van der Waals surface area (Å²) in [7, 11) is 0. The number of carbonyl (C=O) groups excluding carboxylic acids is 1. The van der Waals surface area contributed by atoms with Gasteiger partial charge >= 0.3 is 0 Å². The summed E-state index contributed by atoms with van der Waals surface area (Å²) in [6.07, 6.45) is 2.87. The fourth-order valence-electron chi connectivity index (χ4n) is 4.08. The Balaban J connectivity index is 1.34. The molecule has 1 saturated heterocycles. The topological polar surface area (TPSA) is 99.8 Å². The maximum atomic E-state index is 12.9. The van der Waals surface area contributed by atoms with Crippen LogP contribution in [-0.4, -0.2) is 49.1 Å². The molecule has 1 aliphatic heterocycles. The van der Waals surface area contributed by atoms with Gasteiger partial charge in [0.2, 0.25) is 0 Å². The first-order valence-corrected chi connectivity index (χ1v) is 10.5. The summed E-state index contributed by atoms with van der Waals surface area (Å²) in [6, 6.07) is 15.2. The van der Waals surface area contributed by atoms with Crippen molar-refractivity contribution in [2.24, 2.45) is 0 Å². The van der Waals surface area contributed by atoms with Crippen molar-refractivity contribution in [2.45, 2.75) is 32.2 Å². The molecule has 8 heteroatoms. The van der Waals surface area contributed by atoms with Crippen LogP contribution < -0.4 is 4.74 Å². The average Bonchev–Trinajstić information content (AvgIpc) is 3.43. The number of nitrogens with zero attached hydrogens (tertiary/aromatic N) is 4. The first-order valence-electron chi connectivity index (χ1n) is 10.5. The normalized spacial score (nSPS) is 16.5. The average molecular weight is 416 g/mol. The second-order valence-corrected chi connectivity index (χ2v) is 7.80. The molecule has 1 atom stereocenters. The van der Waals surface area contributed by atoms with E-state index in [1.807, 2.05) is 60.4 Å². The lowest BCUT2D eigenvalue weighted by Crippen LogP contribution is -2.41. The summed E-state index contributed by atoms with van der Waals surface area (Å²) in [5, 5.41) is 7.48. The second kappa shape index (κ2) is 8.22. The van der Waals surface area contributed by atoms with Crippen LogP contribution in [0.4, 0.5) is 0 Å². The highest BCUT2D eigenvalue weighted by Crippen LogP contribution is 2.30. The standard InChI is InChI=1S/C23H24N6O2/c1-15-24-18-11-10-16(13-19(18)25-15)22-26-23(28-27-22)20-9-5-6-12-29(20)21(30)14-31-17-7-3-2-4-8-17/h2-4,7-8,10-11,13,20H,5-6,9,12,14H2,1H3,(H,24,25)(H,26,27,28)/t20-/m1/s1. The second-order valence-electron chi connectivity index (χ2n) is 7.80. The van der Waals surface area contributed by atoms with E-state index < -0.39 is 0 Å². The molecule has 158 valence electrons. The Kier molecular flexibility index (Phi) is 5.11. The number of hydrogen-bond acceptors (Lipinski definition) is 5. The minimum Gasteiger partial charge on any atom is -0.484 e. The number of rotatable bonds is 5. The third-order valence-electron chi connectivity index (χ3n) is 5.61. The Morgan fingerprint density at radius 1 is 1.16 bits per heavy atom. The lowest BCUT2D eigenvalue weighted by molar-refractivity contribution is -0.137. The predicted octanol–water partition coefficient (Wildman–Crippen LogP) is 3.79. The highest BCUT2D eigenvalue weighted by Gasteiger charge is 2.30. The molecule has 0 spiro atoms. The van der Waals surface area contributed by atoms with E-state index in [0.29, 0.717) is 23.9 Å². The summed E-state index contributed by atoms with van der Waals surface area (Å²) in [4.78, 5) is 27.2. The van der Waals surface area contributed by atoms with E-state index in [4.69, 9.17) is 9.72 Å². The number of ether oxygens (including phenoxy) is 1. The van der Waals surface area contributed by atoms with E-state index in [1.54, 1.807) is 0 Å². The number of carbonyl (C=O) groups is 1. The van der Waals surface area contributed by atoms with Crippen molar-refractivity contribution < 1.29 is 9.53 Å². The summed E-state index contributed by atoms with van der Waals surface area (Å²) in [5.74, 6) is 2.84. The van der Waals surface area contributed by atoms with Gasteiger partial charge in [-0.3, -0.25) is 9.89 Å². The summed E-state index contributed by atoms with van der Waals surface area (Å²) in [6.45, 7) is 2.63. The van der Waals surface area contributed by atoms with Gasteiger partial charge in [0.25, 0.3) is 5.91 Å². The monoisotopic (exact) mass is 416 g/mol. The van der Waals surface area contributed by atoms with Crippen molar-refractivity contribution in [3.05, 3.63) is 60.2 Å². The maximum absolute atomic E-state index is 12.9. The SMILES string of the molecule is Cc1nc2cc(-c3n[nH]c([C@H]4CCCCN4C(=O)COc4ccccc4)n3)ccc2[nH]1. The lowest BCUT2D eigenvalue weighted by Gasteiger charge is -2.34. The van der Waals surface area contributed by atoms with Crippen LogP contribution in [0.1, 0.15) is 37.0 Å². The number of aromatic amines is 2. The predicted molar refractivity (Wildman–Crippen MR) is 116 cm³/mol. The number of imidazole rings is 1. The van der Waals surface area contributed by atoms with E-state index in [0.717, 1.165) is 41.7 Å². The maximum Gasteiger partial charge on any atom is 0.261 e. The van der Waals surface area contributed by atoms with Gasteiger partial charge in [0.05, 0.1) is 17.1 Å². The smallest absolute Gasteiger partial charge is 0.261 e. The number of fused-ring (bicyclic) bond motifs is 1. The van der Waals surface area contributed by atoms with Crippen LogP contribution in [0.2, 0.25) is 0 Å². The Morgan fingerprint density at radius 2 is 2.03 bits per heavy atom. The Morgan fingerprint density at radius 3 is 2.90 bits per heavy atom. The Hall–Kier alpha value is -3.68. The molecular formula is C23H24N6O2. The first kappa shape index (κ1) is 19.3. The number of aromatic nitrogens is 5. The van der Waals surface area contributed by atoms with Crippen LogP contribution >= 0.6 is 0 Å². The number of aryl methyl sites for hydroxylation is 1. The van der Waals surface area contributed by atoms with Crippen molar-refractivity contribution >= 4 is 16.9 Å². The van der Waals surface area contributed by atoms with Gasteiger partial charge in [-0.25, -0.2) is 9.97 Å². The molecule has 0 unspecified atom stereocenters. The summed E-state index contributed by atoms with van der Waals surface area (Å²) in [5.41, 5.74) is 2.76. The zero-order valence-electron chi connectivity index (χ0n) is 17.3. The van der Waals surface area contributed by atoms with Gasteiger partial charge in [-0.1, -0.05) is 18.2 Å². The Bertz CT molecular complexity index is 1200. The number of piperidine rings is 1. The third-order valence-corrected chi connectivity index (χ3v) is 5.61. The van der Waals surface area contributed by atoms with Crippen LogP contribution in [0.3, 0.4) is 0 Å². The number of benzene rings is 2. The van der Waals surface area contributed by atoms with Crippen LogP contribution in [0, 0.1) is 6.92 Å². The first-order chi connectivity index (χ1) is 15.2. The van der Waals surface area contributed by atoms with Gasteiger partial charge in [-0.2, -0.15) is 5.10 Å². The van der Waals surface area contributed by atoms with E-state index in [-0.39, 0.29) is 18.6 Å². The van der Waals surface area contributed by atoms with E-state index >= 15 is 0 Å². The fraction of sp³-hybridized carbons (Fsp3) is 0.304. The van der Waals surface area contributed by atoms with Crippen molar-refractivity contribution in [3.63, 3.8) is 0 Å². The number of para-hydroxylation sites is 1. The van der Waals surface area contributed by atoms with Crippen molar-refractivity contribution in [3.8, 4) is 17.1 Å². The van der Waals surface area contributed by atoms with Crippen LogP contribution in [0.25, 0.3) is 22.4 Å². The van der Waals surface area contributed by atoms with Gasteiger partial charge in [0.1, 0.15) is 17.4 Å². The quantitative estimate of drug-likeness (QED) is 0.516. The molecule has 8 nitrogen and oxygen atoms in total.